The number of anilines is 1. The Labute approximate surface area is 172 Å². The topological polar surface area (TPSA) is 58.6 Å². The molecule has 1 aromatic carbocycles. The molecule has 2 heterocycles. The molecule has 28 heavy (non-hydrogen) atoms. The van der Waals surface area contributed by atoms with Gasteiger partial charge in [0, 0.05) is 35.0 Å². The predicted octanol–water partition coefficient (Wildman–Crippen LogP) is 4.17. The van der Waals surface area contributed by atoms with Gasteiger partial charge in [-0.05, 0) is 50.2 Å². The number of rotatable bonds is 7. The second-order valence-electron chi connectivity index (χ2n) is 6.52. The van der Waals surface area contributed by atoms with Crippen LogP contribution in [0.15, 0.2) is 29.2 Å². The summed E-state index contributed by atoms with van der Waals surface area (Å²) in [4.78, 5) is 29.1. The van der Waals surface area contributed by atoms with E-state index in [0.29, 0.717) is 29.3 Å². The fraction of sp³-hybridized carbons (Fsp3) is 0.400. The van der Waals surface area contributed by atoms with Gasteiger partial charge in [0.25, 0.3) is 0 Å². The number of nitrogens with one attached hydrogen (secondary N) is 1. The number of carbonyl (C=O) groups is 2. The second kappa shape index (κ2) is 9.54. The fourth-order valence-electron chi connectivity index (χ4n) is 3.02. The molecule has 5 nitrogen and oxygen atoms in total. The maximum absolute atomic E-state index is 12.9. The summed E-state index contributed by atoms with van der Waals surface area (Å²) in [5, 5.41) is 3.48. The van der Waals surface area contributed by atoms with Crippen LogP contribution in [0.5, 0.6) is 0 Å². The van der Waals surface area contributed by atoms with Crippen LogP contribution in [0.2, 0.25) is 0 Å². The van der Waals surface area contributed by atoms with Gasteiger partial charge in [0.15, 0.2) is 0 Å². The first-order valence-corrected chi connectivity index (χ1v) is 11.0. The van der Waals surface area contributed by atoms with Crippen LogP contribution in [0.4, 0.5) is 9.39 Å². The smallest absolute Gasteiger partial charge is 0.341 e. The van der Waals surface area contributed by atoms with Gasteiger partial charge in [0.05, 0.1) is 12.2 Å². The first-order chi connectivity index (χ1) is 13.5. The van der Waals surface area contributed by atoms with E-state index in [2.05, 4.69) is 10.2 Å². The van der Waals surface area contributed by atoms with Gasteiger partial charge in [-0.3, -0.25) is 4.79 Å². The highest BCUT2D eigenvalue weighted by molar-refractivity contribution is 7.99. The van der Waals surface area contributed by atoms with Crippen LogP contribution in [0.3, 0.4) is 0 Å². The zero-order chi connectivity index (χ0) is 20.1. The summed E-state index contributed by atoms with van der Waals surface area (Å²) in [6, 6.07) is 6.20. The van der Waals surface area contributed by atoms with Crippen molar-refractivity contribution in [2.24, 2.45) is 0 Å². The normalized spacial score (nSPS) is 13.8. The van der Waals surface area contributed by atoms with Gasteiger partial charge in [0.2, 0.25) is 5.91 Å². The number of thioether (sulfide) groups is 1. The van der Waals surface area contributed by atoms with Gasteiger partial charge < -0.3 is 15.0 Å². The molecule has 1 amide bonds. The van der Waals surface area contributed by atoms with Gasteiger partial charge in [-0.15, -0.1) is 23.1 Å². The van der Waals surface area contributed by atoms with Crippen molar-refractivity contribution in [3.8, 4) is 0 Å². The summed E-state index contributed by atoms with van der Waals surface area (Å²) in [5.74, 6) is -0.228. The molecule has 1 aliphatic rings. The Morgan fingerprint density at radius 3 is 2.79 bits per heavy atom. The molecular weight excluding hydrogens is 399 g/mol. The molecule has 2 aromatic rings. The molecule has 0 fully saturated rings. The molecule has 0 bridgehead atoms. The lowest BCUT2D eigenvalue weighted by Crippen LogP contribution is -2.26. The summed E-state index contributed by atoms with van der Waals surface area (Å²) < 4.78 is 18.2. The van der Waals surface area contributed by atoms with E-state index in [4.69, 9.17) is 4.74 Å². The van der Waals surface area contributed by atoms with Crippen LogP contribution in [0.25, 0.3) is 0 Å². The average Bonchev–Trinajstić information content (AvgIpc) is 3.00. The van der Waals surface area contributed by atoms with Crippen molar-refractivity contribution in [1.29, 1.82) is 0 Å². The summed E-state index contributed by atoms with van der Waals surface area (Å²) in [6.45, 7) is 3.71. The number of benzene rings is 1. The number of hydrogen-bond acceptors (Lipinski definition) is 6. The zero-order valence-electron chi connectivity index (χ0n) is 15.9. The molecule has 8 heteroatoms. The quantitative estimate of drug-likeness (QED) is 0.536. The summed E-state index contributed by atoms with van der Waals surface area (Å²) in [5.41, 5.74) is 1.51. The Bertz CT molecular complexity index is 852. The molecule has 0 spiro atoms. The summed E-state index contributed by atoms with van der Waals surface area (Å²) >= 11 is 2.95. The molecule has 0 radical (unpaired) electrons. The average molecular weight is 423 g/mol. The van der Waals surface area contributed by atoms with Gasteiger partial charge >= 0.3 is 5.97 Å². The highest BCUT2D eigenvalue weighted by Gasteiger charge is 2.28. The Hall–Kier alpha value is -1.90. The minimum Gasteiger partial charge on any atom is -0.462 e. The summed E-state index contributed by atoms with van der Waals surface area (Å²) in [7, 11) is 2.04. The molecule has 0 unspecified atom stereocenters. The lowest BCUT2D eigenvalue weighted by atomic mass is 10.0. The van der Waals surface area contributed by atoms with Crippen LogP contribution in [0, 0.1) is 5.82 Å². The fourth-order valence-corrected chi connectivity index (χ4v) is 5.20. The highest BCUT2D eigenvalue weighted by Crippen LogP contribution is 2.37. The second-order valence-corrected chi connectivity index (χ2v) is 8.79. The van der Waals surface area contributed by atoms with E-state index in [1.165, 1.54) is 35.2 Å². The highest BCUT2D eigenvalue weighted by atomic mass is 32.2. The van der Waals surface area contributed by atoms with Crippen LogP contribution in [-0.2, 0) is 22.5 Å². The third-order valence-corrected chi connectivity index (χ3v) is 6.54. The van der Waals surface area contributed by atoms with Gasteiger partial charge in [-0.2, -0.15) is 0 Å². The van der Waals surface area contributed by atoms with E-state index >= 15 is 0 Å². The molecule has 0 saturated carbocycles. The Kier molecular flexibility index (Phi) is 7.09. The molecular formula is C20H23FN2O3S2. The van der Waals surface area contributed by atoms with Crippen molar-refractivity contribution in [2.45, 2.75) is 31.2 Å². The number of thiophene rings is 1. The standard InChI is InChI=1S/C20H23FN2O3S2/c1-3-26-20(25)18-15-8-10-23(2)12-16(15)28-19(18)22-17(24)9-11-27-14-6-4-13(21)5-7-14/h4-7H,3,8-12H2,1-2H3,(H,22,24). The predicted molar refractivity (Wildman–Crippen MR) is 111 cm³/mol. The molecule has 1 N–H and O–H groups in total. The number of hydrogen-bond donors (Lipinski definition) is 1. The first-order valence-electron chi connectivity index (χ1n) is 9.16. The molecule has 0 aliphatic carbocycles. The van der Waals surface area contributed by atoms with E-state index in [1.807, 2.05) is 7.05 Å². The van der Waals surface area contributed by atoms with E-state index in [1.54, 1.807) is 19.1 Å². The SMILES string of the molecule is CCOC(=O)c1c(NC(=O)CCSc2ccc(F)cc2)sc2c1CCN(C)C2. The molecule has 1 aromatic heterocycles. The third-order valence-electron chi connectivity index (χ3n) is 4.39. The minimum atomic E-state index is -0.374. The largest absolute Gasteiger partial charge is 0.462 e. The van der Waals surface area contributed by atoms with Crippen molar-refractivity contribution in [3.63, 3.8) is 0 Å². The number of esters is 1. The Balaban J connectivity index is 1.66. The van der Waals surface area contributed by atoms with Crippen molar-refractivity contribution in [1.82, 2.24) is 4.90 Å². The lowest BCUT2D eigenvalue weighted by Gasteiger charge is -2.22. The number of halogens is 1. The van der Waals surface area contributed by atoms with Crippen molar-refractivity contribution >= 4 is 40.0 Å². The van der Waals surface area contributed by atoms with Crippen LogP contribution < -0.4 is 5.32 Å². The maximum Gasteiger partial charge on any atom is 0.341 e. The monoisotopic (exact) mass is 422 g/mol. The lowest BCUT2D eigenvalue weighted by molar-refractivity contribution is -0.115. The summed E-state index contributed by atoms with van der Waals surface area (Å²) in [6.07, 6.45) is 1.07. The van der Waals surface area contributed by atoms with E-state index in [0.717, 1.165) is 34.8 Å². The molecule has 1 aliphatic heterocycles. The van der Waals surface area contributed by atoms with Crippen molar-refractivity contribution in [3.05, 3.63) is 46.1 Å². The van der Waals surface area contributed by atoms with Gasteiger partial charge in [0.1, 0.15) is 10.8 Å². The minimum absolute atomic E-state index is 0.146. The molecule has 150 valence electrons. The molecule has 0 atom stereocenters. The van der Waals surface area contributed by atoms with Crippen molar-refractivity contribution in [2.75, 3.05) is 31.3 Å². The van der Waals surface area contributed by atoms with Crippen LogP contribution in [0.1, 0.15) is 34.1 Å². The molecule has 3 rings (SSSR count). The molecule has 0 saturated heterocycles. The number of nitrogens with zero attached hydrogens (tertiary/aromatic N) is 1. The van der Waals surface area contributed by atoms with Gasteiger partial charge in [-0.25, -0.2) is 9.18 Å². The van der Waals surface area contributed by atoms with Crippen LogP contribution in [-0.4, -0.2) is 42.7 Å². The number of carbonyl (C=O) groups excluding carboxylic acids is 2. The van der Waals surface area contributed by atoms with Crippen molar-refractivity contribution < 1.29 is 18.7 Å². The zero-order valence-corrected chi connectivity index (χ0v) is 17.6. The van der Waals surface area contributed by atoms with E-state index in [-0.39, 0.29) is 17.7 Å². The number of likely N-dealkylation sites (N-methyl/N-ethyl adjacent to an activating group) is 1. The number of fused-ring (bicyclic) bond motifs is 1. The number of ether oxygens (including phenoxy) is 1. The maximum atomic E-state index is 12.9. The third kappa shape index (κ3) is 5.12. The van der Waals surface area contributed by atoms with Gasteiger partial charge in [-0.1, -0.05) is 0 Å². The van der Waals surface area contributed by atoms with E-state index < -0.39 is 0 Å². The number of amides is 1. The Morgan fingerprint density at radius 1 is 1.32 bits per heavy atom. The van der Waals surface area contributed by atoms with Crippen LogP contribution >= 0.6 is 23.1 Å². The first kappa shape index (κ1) is 20.8. The van der Waals surface area contributed by atoms with E-state index in [9.17, 15) is 14.0 Å². The Morgan fingerprint density at radius 2 is 2.07 bits per heavy atom.